The fraction of sp³-hybridized carbons (Fsp3) is 0.333. The van der Waals surface area contributed by atoms with Crippen LogP contribution in [-0.4, -0.2) is 30.0 Å². The minimum atomic E-state index is -0.170. The van der Waals surface area contributed by atoms with Gasteiger partial charge >= 0.3 is 0 Å². The van der Waals surface area contributed by atoms with Crippen molar-refractivity contribution in [1.82, 2.24) is 15.4 Å². The molecule has 1 N–H and O–H groups in total. The average molecular weight is 171 g/mol. The molecular weight excluding hydrogens is 162 g/mol. The van der Waals surface area contributed by atoms with Gasteiger partial charge in [-0.2, -0.15) is 0 Å². The molecule has 1 heterocycles. The zero-order chi connectivity index (χ0) is 8.27. The molecule has 0 fully saturated rings. The predicted molar refractivity (Wildman–Crippen MR) is 43.3 cm³/mol. The Morgan fingerprint density at radius 1 is 1.73 bits per heavy atom. The first-order valence-corrected chi connectivity index (χ1v) is 4.01. The summed E-state index contributed by atoms with van der Waals surface area (Å²) < 4.78 is 0. The maximum Gasteiger partial charge on any atom is 0.285 e. The Labute approximate surface area is 68.8 Å². The number of hydrogen-bond donors (Lipinski definition) is 1. The van der Waals surface area contributed by atoms with E-state index in [1.54, 1.807) is 30.0 Å². The Hall–Kier alpha value is -0.940. The van der Waals surface area contributed by atoms with Crippen LogP contribution in [-0.2, 0) is 0 Å². The van der Waals surface area contributed by atoms with Gasteiger partial charge < -0.3 is 0 Å². The molecule has 0 radical (unpaired) electrons. The van der Waals surface area contributed by atoms with E-state index in [4.69, 9.17) is 0 Å². The molecule has 0 unspecified atom stereocenters. The maximum absolute atomic E-state index is 11.1. The van der Waals surface area contributed by atoms with Crippen molar-refractivity contribution in [3.63, 3.8) is 0 Å². The molecule has 1 amide bonds. The van der Waals surface area contributed by atoms with Crippen molar-refractivity contribution in [2.24, 2.45) is 0 Å². The molecule has 0 aliphatic rings. The lowest BCUT2D eigenvalue weighted by Gasteiger charge is -2.09. The van der Waals surface area contributed by atoms with E-state index in [9.17, 15) is 4.79 Å². The van der Waals surface area contributed by atoms with E-state index >= 15 is 0 Å². The van der Waals surface area contributed by atoms with E-state index in [-0.39, 0.29) is 5.91 Å². The van der Waals surface area contributed by atoms with Crippen molar-refractivity contribution in [2.75, 3.05) is 14.1 Å². The molecule has 0 aromatic carbocycles. The zero-order valence-electron chi connectivity index (χ0n) is 6.37. The minimum Gasteiger partial charge on any atom is -0.284 e. The number of hydrazine groups is 1. The van der Waals surface area contributed by atoms with E-state index in [1.165, 1.54) is 11.3 Å². The molecule has 5 heteroatoms. The van der Waals surface area contributed by atoms with Gasteiger partial charge in [-0.3, -0.25) is 10.2 Å². The van der Waals surface area contributed by atoms with Crippen LogP contribution in [0, 0.1) is 0 Å². The van der Waals surface area contributed by atoms with Crippen molar-refractivity contribution in [3.8, 4) is 0 Å². The van der Waals surface area contributed by atoms with E-state index < -0.39 is 0 Å². The largest absolute Gasteiger partial charge is 0.285 e. The Morgan fingerprint density at radius 2 is 2.45 bits per heavy atom. The van der Waals surface area contributed by atoms with Crippen LogP contribution in [0.2, 0.25) is 0 Å². The average Bonchev–Trinajstić information content (AvgIpc) is 2.35. The molecule has 1 rings (SSSR count). The summed E-state index contributed by atoms with van der Waals surface area (Å²) in [6, 6.07) is 0. The van der Waals surface area contributed by atoms with Crippen LogP contribution in [0.5, 0.6) is 0 Å². The van der Waals surface area contributed by atoms with Crippen LogP contribution < -0.4 is 5.43 Å². The van der Waals surface area contributed by atoms with E-state index in [0.717, 1.165) is 0 Å². The highest BCUT2D eigenvalue weighted by molar-refractivity contribution is 7.07. The second-order valence-corrected chi connectivity index (χ2v) is 2.93. The highest BCUT2D eigenvalue weighted by Crippen LogP contribution is 1.99. The van der Waals surface area contributed by atoms with E-state index in [1.807, 2.05) is 0 Å². The number of hydrogen-bond acceptors (Lipinski definition) is 4. The molecule has 11 heavy (non-hydrogen) atoms. The van der Waals surface area contributed by atoms with Crippen LogP contribution in [0.3, 0.4) is 0 Å². The first kappa shape index (κ1) is 8.16. The molecule has 60 valence electrons. The number of carbonyl (C=O) groups is 1. The molecular formula is C6H9N3OS. The Bertz CT molecular complexity index is 232. The van der Waals surface area contributed by atoms with Crippen molar-refractivity contribution in [1.29, 1.82) is 0 Å². The molecule has 4 nitrogen and oxygen atoms in total. The summed E-state index contributed by atoms with van der Waals surface area (Å²) in [7, 11) is 3.51. The first-order valence-electron chi connectivity index (χ1n) is 3.06. The smallest absolute Gasteiger partial charge is 0.284 e. The number of nitrogens with one attached hydrogen (secondary N) is 1. The number of nitrogens with zero attached hydrogens (tertiary/aromatic N) is 2. The summed E-state index contributed by atoms with van der Waals surface area (Å²) >= 11 is 1.40. The van der Waals surface area contributed by atoms with Gasteiger partial charge in [0.1, 0.15) is 5.69 Å². The monoisotopic (exact) mass is 171 g/mol. The van der Waals surface area contributed by atoms with Gasteiger partial charge in [0.25, 0.3) is 5.91 Å². The van der Waals surface area contributed by atoms with Crippen LogP contribution in [0.4, 0.5) is 0 Å². The highest BCUT2D eigenvalue weighted by Gasteiger charge is 2.06. The van der Waals surface area contributed by atoms with Crippen LogP contribution in [0.25, 0.3) is 0 Å². The van der Waals surface area contributed by atoms with Gasteiger partial charge in [-0.25, -0.2) is 9.99 Å². The first-order chi connectivity index (χ1) is 5.20. The van der Waals surface area contributed by atoms with Crippen molar-refractivity contribution >= 4 is 17.2 Å². The van der Waals surface area contributed by atoms with Gasteiger partial charge in [0.15, 0.2) is 0 Å². The van der Waals surface area contributed by atoms with E-state index in [0.29, 0.717) is 5.69 Å². The summed E-state index contributed by atoms with van der Waals surface area (Å²) in [4.78, 5) is 15.0. The zero-order valence-corrected chi connectivity index (χ0v) is 7.18. The van der Waals surface area contributed by atoms with Crippen LogP contribution >= 0.6 is 11.3 Å². The molecule has 1 aromatic heterocycles. The third-order valence-electron chi connectivity index (χ3n) is 0.990. The van der Waals surface area contributed by atoms with Crippen molar-refractivity contribution in [3.05, 3.63) is 16.6 Å². The topological polar surface area (TPSA) is 45.2 Å². The number of aromatic nitrogens is 1. The molecule has 0 atom stereocenters. The normalized spacial score (nSPS) is 10.1. The Morgan fingerprint density at radius 3 is 2.91 bits per heavy atom. The Balaban J connectivity index is 2.57. The van der Waals surface area contributed by atoms with Gasteiger partial charge in [0.2, 0.25) is 0 Å². The standard InChI is InChI=1S/C6H9N3OS/c1-9(2)8-6(10)5-3-11-4-7-5/h3-4H,1-2H3,(H,8,10). The summed E-state index contributed by atoms with van der Waals surface area (Å²) in [5.41, 5.74) is 4.68. The molecule has 0 saturated heterocycles. The third kappa shape index (κ3) is 2.28. The molecule has 0 aliphatic carbocycles. The Kier molecular flexibility index (Phi) is 2.56. The van der Waals surface area contributed by atoms with Crippen LogP contribution in [0.1, 0.15) is 10.5 Å². The SMILES string of the molecule is CN(C)NC(=O)c1cscn1. The fourth-order valence-electron chi connectivity index (χ4n) is 0.585. The van der Waals surface area contributed by atoms with Crippen LogP contribution in [0.15, 0.2) is 10.9 Å². The van der Waals surface area contributed by atoms with Gasteiger partial charge in [0, 0.05) is 19.5 Å². The number of rotatable bonds is 2. The molecule has 0 bridgehead atoms. The molecule has 0 saturated carbocycles. The second-order valence-electron chi connectivity index (χ2n) is 2.21. The predicted octanol–water partition coefficient (Wildman–Crippen LogP) is 0.349. The van der Waals surface area contributed by atoms with Crippen molar-refractivity contribution in [2.45, 2.75) is 0 Å². The summed E-state index contributed by atoms with van der Waals surface area (Å²) in [6.45, 7) is 0. The fourth-order valence-corrected chi connectivity index (χ4v) is 1.12. The number of thiazole rings is 1. The third-order valence-corrected chi connectivity index (χ3v) is 1.58. The lowest BCUT2D eigenvalue weighted by Crippen LogP contribution is -2.36. The van der Waals surface area contributed by atoms with Gasteiger partial charge in [0.05, 0.1) is 5.51 Å². The highest BCUT2D eigenvalue weighted by atomic mass is 32.1. The summed E-state index contributed by atoms with van der Waals surface area (Å²) in [5, 5.41) is 3.29. The molecule has 0 aliphatic heterocycles. The summed E-state index contributed by atoms with van der Waals surface area (Å²) in [5.74, 6) is -0.170. The van der Waals surface area contributed by atoms with Crippen molar-refractivity contribution < 1.29 is 4.79 Å². The minimum absolute atomic E-state index is 0.170. The lowest BCUT2D eigenvalue weighted by molar-refractivity contribution is 0.0852. The summed E-state index contributed by atoms with van der Waals surface area (Å²) in [6.07, 6.45) is 0. The quantitative estimate of drug-likeness (QED) is 0.653. The van der Waals surface area contributed by atoms with Gasteiger partial charge in [-0.1, -0.05) is 0 Å². The van der Waals surface area contributed by atoms with E-state index in [2.05, 4.69) is 10.4 Å². The molecule has 1 aromatic rings. The number of amides is 1. The second kappa shape index (κ2) is 3.45. The number of carbonyl (C=O) groups excluding carboxylic acids is 1. The lowest BCUT2D eigenvalue weighted by atomic mass is 10.5. The van der Waals surface area contributed by atoms with Gasteiger partial charge in [-0.15, -0.1) is 11.3 Å². The molecule has 0 spiro atoms. The van der Waals surface area contributed by atoms with Gasteiger partial charge in [-0.05, 0) is 0 Å². The maximum atomic E-state index is 11.1.